The number of benzene rings is 4. The van der Waals surface area contributed by atoms with E-state index in [1.807, 2.05) is 60.7 Å². The zero-order chi connectivity index (χ0) is 18.4. The van der Waals surface area contributed by atoms with Gasteiger partial charge in [-0.2, -0.15) is 5.26 Å². The summed E-state index contributed by atoms with van der Waals surface area (Å²) in [7, 11) is 0. The van der Waals surface area contributed by atoms with Crippen LogP contribution in [0.2, 0.25) is 0 Å². The number of hydrogen-bond acceptors (Lipinski definition) is 2. The van der Waals surface area contributed by atoms with Gasteiger partial charge in [0.05, 0.1) is 17.3 Å². The van der Waals surface area contributed by atoms with Gasteiger partial charge in [-0.3, -0.25) is 4.98 Å². The number of aromatic nitrogens is 1. The molecule has 0 aliphatic heterocycles. The van der Waals surface area contributed by atoms with Gasteiger partial charge in [0.15, 0.2) is 0 Å². The normalized spacial score (nSPS) is 11.1. The third kappa shape index (κ3) is 2.35. The van der Waals surface area contributed by atoms with Crippen molar-refractivity contribution in [3.05, 3.63) is 90.4 Å². The smallest absolute Gasteiger partial charge is 0.131 e. The third-order valence-corrected chi connectivity index (χ3v) is 4.99. The maximum absolute atomic E-state index is 14.7. The minimum atomic E-state index is -0.270. The first-order valence-corrected chi connectivity index (χ1v) is 8.65. The van der Waals surface area contributed by atoms with E-state index in [2.05, 4.69) is 11.1 Å². The van der Waals surface area contributed by atoms with Crippen molar-refractivity contribution in [2.24, 2.45) is 0 Å². The highest BCUT2D eigenvalue weighted by Gasteiger charge is 2.13. The topological polar surface area (TPSA) is 36.7 Å². The highest BCUT2D eigenvalue weighted by atomic mass is 19.1. The zero-order valence-corrected chi connectivity index (χ0v) is 14.3. The Kier molecular flexibility index (Phi) is 3.38. The van der Waals surface area contributed by atoms with E-state index < -0.39 is 0 Å². The van der Waals surface area contributed by atoms with Crippen LogP contribution in [0.3, 0.4) is 0 Å². The molecule has 27 heavy (non-hydrogen) atoms. The largest absolute Gasteiger partial charge is 0.256 e. The fourth-order valence-corrected chi connectivity index (χ4v) is 3.75. The molecule has 0 atom stereocenters. The summed E-state index contributed by atoms with van der Waals surface area (Å²) in [5.41, 5.74) is 2.08. The summed E-state index contributed by atoms with van der Waals surface area (Å²) < 4.78 is 14.7. The molecule has 1 aromatic heterocycles. The van der Waals surface area contributed by atoms with Crippen LogP contribution in [0.15, 0.2) is 79.0 Å². The van der Waals surface area contributed by atoms with Crippen LogP contribution < -0.4 is 0 Å². The predicted molar refractivity (Wildman–Crippen MR) is 107 cm³/mol. The van der Waals surface area contributed by atoms with Crippen molar-refractivity contribution in [1.29, 1.82) is 5.26 Å². The van der Waals surface area contributed by atoms with E-state index >= 15 is 0 Å². The number of rotatable bonds is 1. The number of nitriles is 1. The molecule has 0 unspecified atom stereocenters. The van der Waals surface area contributed by atoms with Crippen LogP contribution in [0.4, 0.5) is 4.39 Å². The Bertz CT molecular complexity index is 1400. The van der Waals surface area contributed by atoms with Gasteiger partial charge in [0.1, 0.15) is 5.82 Å². The molecule has 3 heteroatoms. The molecule has 126 valence electrons. The third-order valence-electron chi connectivity index (χ3n) is 4.99. The SMILES string of the molecule is N#Cc1cc(-c2nccc3c2cc(F)c2ccccc23)cc2ccccc12. The summed E-state index contributed by atoms with van der Waals surface area (Å²) in [6.07, 6.45) is 1.74. The van der Waals surface area contributed by atoms with Crippen molar-refractivity contribution in [2.75, 3.05) is 0 Å². The second kappa shape index (κ2) is 5.89. The van der Waals surface area contributed by atoms with Crippen LogP contribution in [0.5, 0.6) is 0 Å². The van der Waals surface area contributed by atoms with Gasteiger partial charge in [-0.15, -0.1) is 0 Å². The summed E-state index contributed by atoms with van der Waals surface area (Å²) in [6, 6.07) is 24.8. The van der Waals surface area contributed by atoms with E-state index in [0.29, 0.717) is 16.6 Å². The van der Waals surface area contributed by atoms with Crippen molar-refractivity contribution in [2.45, 2.75) is 0 Å². The first kappa shape index (κ1) is 15.5. The summed E-state index contributed by atoms with van der Waals surface area (Å²) in [5, 5.41) is 14.6. The maximum Gasteiger partial charge on any atom is 0.131 e. The minimum Gasteiger partial charge on any atom is -0.256 e. The fraction of sp³-hybridized carbons (Fsp3) is 0. The molecule has 5 rings (SSSR count). The molecular formula is C24H13FN2. The Balaban J connectivity index is 1.89. The molecule has 0 saturated carbocycles. The average molecular weight is 348 g/mol. The lowest BCUT2D eigenvalue weighted by molar-refractivity contribution is 0.641. The lowest BCUT2D eigenvalue weighted by atomic mass is 9.95. The number of nitrogens with zero attached hydrogens (tertiary/aromatic N) is 2. The number of halogens is 1. The predicted octanol–water partition coefficient (Wildman–Crippen LogP) is 6.22. The molecule has 0 saturated heterocycles. The van der Waals surface area contributed by atoms with Crippen LogP contribution in [0.1, 0.15) is 5.56 Å². The Morgan fingerprint density at radius 3 is 2.26 bits per heavy atom. The molecule has 0 aliphatic rings. The molecular weight excluding hydrogens is 335 g/mol. The van der Waals surface area contributed by atoms with Gasteiger partial charge in [0.25, 0.3) is 0 Å². The van der Waals surface area contributed by atoms with Gasteiger partial charge in [0.2, 0.25) is 0 Å². The van der Waals surface area contributed by atoms with E-state index in [9.17, 15) is 9.65 Å². The molecule has 0 radical (unpaired) electrons. The number of pyridine rings is 1. The highest BCUT2D eigenvalue weighted by Crippen LogP contribution is 2.35. The first-order chi connectivity index (χ1) is 13.3. The molecule has 0 aliphatic carbocycles. The van der Waals surface area contributed by atoms with Crippen LogP contribution in [0.25, 0.3) is 43.6 Å². The molecule has 0 spiro atoms. The number of hydrogen-bond donors (Lipinski definition) is 0. The lowest BCUT2D eigenvalue weighted by Gasteiger charge is -2.11. The summed E-state index contributed by atoms with van der Waals surface area (Å²) in [5.74, 6) is -0.270. The molecule has 0 amide bonds. The summed E-state index contributed by atoms with van der Waals surface area (Å²) >= 11 is 0. The molecule has 4 aromatic carbocycles. The Morgan fingerprint density at radius 2 is 1.44 bits per heavy atom. The Morgan fingerprint density at radius 1 is 0.741 bits per heavy atom. The van der Waals surface area contributed by atoms with Crippen LogP contribution in [-0.2, 0) is 0 Å². The monoisotopic (exact) mass is 348 g/mol. The Hall–Kier alpha value is -3.77. The average Bonchev–Trinajstić information content (AvgIpc) is 2.73. The van der Waals surface area contributed by atoms with E-state index in [4.69, 9.17) is 0 Å². The fourth-order valence-electron chi connectivity index (χ4n) is 3.75. The second-order valence-electron chi connectivity index (χ2n) is 6.52. The highest BCUT2D eigenvalue weighted by molar-refractivity contribution is 6.11. The van der Waals surface area contributed by atoms with Gasteiger partial charge in [-0.25, -0.2) is 4.39 Å². The van der Waals surface area contributed by atoms with Crippen molar-refractivity contribution in [3.63, 3.8) is 0 Å². The van der Waals surface area contributed by atoms with Crippen molar-refractivity contribution < 1.29 is 4.39 Å². The molecule has 1 heterocycles. The lowest BCUT2D eigenvalue weighted by Crippen LogP contribution is -1.91. The van der Waals surface area contributed by atoms with Gasteiger partial charge in [-0.1, -0.05) is 48.5 Å². The van der Waals surface area contributed by atoms with Crippen LogP contribution in [0, 0.1) is 17.1 Å². The summed E-state index contributed by atoms with van der Waals surface area (Å²) in [4.78, 5) is 4.53. The molecule has 0 N–H and O–H groups in total. The molecule has 5 aromatic rings. The molecule has 2 nitrogen and oxygen atoms in total. The van der Waals surface area contributed by atoms with Crippen molar-refractivity contribution in [3.8, 4) is 17.3 Å². The number of fused-ring (bicyclic) bond motifs is 4. The van der Waals surface area contributed by atoms with E-state index in [-0.39, 0.29) is 5.82 Å². The van der Waals surface area contributed by atoms with Crippen LogP contribution in [-0.4, -0.2) is 4.98 Å². The van der Waals surface area contributed by atoms with Gasteiger partial charge >= 0.3 is 0 Å². The van der Waals surface area contributed by atoms with E-state index in [1.54, 1.807) is 18.3 Å². The standard InChI is InChI=1S/C24H13FN2/c25-23-13-22-20(19-7-3-4-8-21(19)23)9-10-27-24(22)16-11-15-5-1-2-6-18(15)17(12-16)14-26/h1-13H. The van der Waals surface area contributed by atoms with Crippen molar-refractivity contribution in [1.82, 2.24) is 4.98 Å². The minimum absolute atomic E-state index is 0.270. The first-order valence-electron chi connectivity index (χ1n) is 8.65. The maximum atomic E-state index is 14.7. The van der Waals surface area contributed by atoms with Gasteiger partial charge in [0, 0.05) is 22.5 Å². The molecule has 0 bridgehead atoms. The quantitative estimate of drug-likeness (QED) is 0.337. The second-order valence-corrected chi connectivity index (χ2v) is 6.52. The van der Waals surface area contributed by atoms with Crippen LogP contribution >= 0.6 is 0 Å². The summed E-state index contributed by atoms with van der Waals surface area (Å²) in [6.45, 7) is 0. The molecule has 0 fully saturated rings. The van der Waals surface area contributed by atoms with Gasteiger partial charge < -0.3 is 0 Å². The van der Waals surface area contributed by atoms with E-state index in [1.165, 1.54) is 0 Å². The zero-order valence-electron chi connectivity index (χ0n) is 14.3. The van der Waals surface area contributed by atoms with Gasteiger partial charge in [-0.05, 0) is 45.8 Å². The Labute approximate surface area is 155 Å². The van der Waals surface area contributed by atoms with E-state index in [0.717, 1.165) is 32.5 Å². The van der Waals surface area contributed by atoms with Crippen molar-refractivity contribution >= 4 is 32.3 Å².